The fraction of sp³-hybridized carbons (Fsp3) is 0.548. The predicted octanol–water partition coefficient (Wildman–Crippen LogP) is 4.30. The highest BCUT2D eigenvalue weighted by atomic mass is 16.5. The van der Waals surface area contributed by atoms with E-state index in [0.29, 0.717) is 6.42 Å². The molecule has 0 amide bonds. The molecule has 1 unspecified atom stereocenters. The van der Waals surface area contributed by atoms with Gasteiger partial charge in [0, 0.05) is 36.5 Å². The lowest BCUT2D eigenvalue weighted by atomic mass is 9.49. The molecule has 0 radical (unpaired) electrons. The first-order valence-electron chi connectivity index (χ1n) is 14.1. The topological polar surface area (TPSA) is 56.1 Å². The minimum absolute atomic E-state index is 0.0886. The Hall–Kier alpha value is -2.70. The summed E-state index contributed by atoms with van der Waals surface area (Å²) in [5, 5.41) is 14.4. The zero-order chi connectivity index (χ0) is 24.7. The number of aromatic nitrogens is 1. The van der Waals surface area contributed by atoms with Crippen LogP contribution in [0.1, 0.15) is 59.7 Å². The molecule has 1 spiro atoms. The predicted molar refractivity (Wildman–Crippen MR) is 140 cm³/mol. The number of ether oxygens (including phenoxy) is 3. The van der Waals surface area contributed by atoms with Crippen molar-refractivity contribution in [2.24, 2.45) is 5.92 Å². The summed E-state index contributed by atoms with van der Waals surface area (Å²) in [6.07, 6.45) is 7.06. The molecule has 6 nitrogen and oxygen atoms in total. The number of benzene rings is 2. The molecule has 1 N–H and O–H groups in total. The second-order valence-electron chi connectivity index (χ2n) is 12.4. The molecule has 6 aliphatic rings. The third-order valence-corrected chi connectivity index (χ3v) is 10.9. The van der Waals surface area contributed by atoms with E-state index in [1.807, 2.05) is 0 Å². The van der Waals surface area contributed by atoms with Gasteiger partial charge in [0.25, 0.3) is 0 Å². The van der Waals surface area contributed by atoms with Gasteiger partial charge < -0.3 is 23.9 Å². The molecular formula is C31H34N2O4. The van der Waals surface area contributed by atoms with Crippen molar-refractivity contribution in [1.82, 2.24) is 9.47 Å². The third-order valence-electron chi connectivity index (χ3n) is 10.9. The molecule has 9 rings (SSSR count). The maximum absolute atomic E-state index is 13.2. The lowest BCUT2D eigenvalue weighted by molar-refractivity contribution is -0.173. The Kier molecular flexibility index (Phi) is 3.93. The highest BCUT2D eigenvalue weighted by molar-refractivity contribution is 5.95. The molecule has 3 aromatic rings. The van der Waals surface area contributed by atoms with Gasteiger partial charge in [-0.1, -0.05) is 12.1 Å². The number of aryl methyl sites for hydroxylation is 2. The quantitative estimate of drug-likeness (QED) is 0.581. The van der Waals surface area contributed by atoms with Crippen LogP contribution in [-0.2, 0) is 31.2 Å². The summed E-state index contributed by atoms with van der Waals surface area (Å²) in [5.41, 5.74) is 6.40. The van der Waals surface area contributed by atoms with Crippen molar-refractivity contribution in [1.29, 1.82) is 0 Å². The van der Waals surface area contributed by atoms with Crippen LogP contribution in [0.4, 0.5) is 0 Å². The van der Waals surface area contributed by atoms with Crippen LogP contribution < -0.4 is 14.2 Å². The molecular weight excluding hydrogens is 464 g/mol. The molecule has 1 saturated carbocycles. The number of rotatable bonds is 4. The van der Waals surface area contributed by atoms with Gasteiger partial charge >= 0.3 is 0 Å². The maximum atomic E-state index is 13.2. The van der Waals surface area contributed by atoms with Gasteiger partial charge in [0.05, 0.1) is 36.4 Å². The zero-order valence-corrected chi connectivity index (χ0v) is 21.7. The van der Waals surface area contributed by atoms with E-state index in [0.717, 1.165) is 68.5 Å². The molecule has 2 bridgehead atoms. The third kappa shape index (κ3) is 2.33. The molecule has 2 aromatic carbocycles. The minimum atomic E-state index is -0.906. The van der Waals surface area contributed by atoms with Crippen LogP contribution in [0.5, 0.6) is 17.2 Å². The molecule has 4 heterocycles. The van der Waals surface area contributed by atoms with E-state index in [-0.39, 0.29) is 12.1 Å². The number of hydrogen-bond acceptors (Lipinski definition) is 5. The van der Waals surface area contributed by atoms with Crippen LogP contribution in [-0.4, -0.2) is 53.5 Å². The lowest BCUT2D eigenvalue weighted by Crippen LogP contribution is -2.74. The minimum Gasteiger partial charge on any atom is -0.496 e. The van der Waals surface area contributed by atoms with Crippen LogP contribution in [0.15, 0.2) is 24.3 Å². The van der Waals surface area contributed by atoms with Crippen molar-refractivity contribution in [3.8, 4) is 17.2 Å². The van der Waals surface area contributed by atoms with E-state index in [1.165, 1.54) is 51.7 Å². The molecule has 2 fully saturated rings. The van der Waals surface area contributed by atoms with E-state index in [2.05, 4.69) is 33.7 Å². The van der Waals surface area contributed by atoms with Crippen molar-refractivity contribution >= 4 is 10.9 Å². The molecule has 1 saturated heterocycles. The van der Waals surface area contributed by atoms with Gasteiger partial charge in [0.2, 0.25) is 0 Å². The highest BCUT2D eigenvalue weighted by Gasteiger charge is 2.73. The number of methoxy groups -OCH3 is 2. The number of piperidine rings is 1. The highest BCUT2D eigenvalue weighted by Crippen LogP contribution is 2.70. The van der Waals surface area contributed by atoms with Gasteiger partial charge in [-0.2, -0.15) is 0 Å². The van der Waals surface area contributed by atoms with E-state index in [1.54, 1.807) is 14.2 Å². The summed E-state index contributed by atoms with van der Waals surface area (Å²) in [6, 6.07) is 8.78. The van der Waals surface area contributed by atoms with E-state index >= 15 is 0 Å². The number of fused-ring (bicyclic) bond motifs is 4. The van der Waals surface area contributed by atoms with Gasteiger partial charge in [-0.3, -0.25) is 4.90 Å². The second kappa shape index (κ2) is 6.83. The largest absolute Gasteiger partial charge is 0.496 e. The molecule has 4 atom stereocenters. The van der Waals surface area contributed by atoms with Crippen LogP contribution in [0.25, 0.3) is 10.9 Å². The Morgan fingerprint density at radius 3 is 2.68 bits per heavy atom. The molecule has 1 aromatic heterocycles. The molecule has 3 aliphatic heterocycles. The van der Waals surface area contributed by atoms with E-state index < -0.39 is 11.0 Å². The van der Waals surface area contributed by atoms with Gasteiger partial charge in [0.1, 0.15) is 5.75 Å². The first-order valence-corrected chi connectivity index (χ1v) is 14.1. The molecule has 37 heavy (non-hydrogen) atoms. The Morgan fingerprint density at radius 2 is 1.86 bits per heavy atom. The van der Waals surface area contributed by atoms with Crippen LogP contribution in [0.2, 0.25) is 0 Å². The van der Waals surface area contributed by atoms with Crippen LogP contribution in [0, 0.1) is 5.92 Å². The number of aliphatic hydroxyl groups is 1. The van der Waals surface area contributed by atoms with Gasteiger partial charge in [0.15, 0.2) is 17.6 Å². The Balaban J connectivity index is 1.37. The monoisotopic (exact) mass is 498 g/mol. The molecule has 6 heteroatoms. The Bertz CT molecular complexity index is 1510. The van der Waals surface area contributed by atoms with Gasteiger partial charge in [-0.25, -0.2) is 0 Å². The number of likely N-dealkylation sites (tertiary alicyclic amines) is 1. The summed E-state index contributed by atoms with van der Waals surface area (Å²) >= 11 is 0. The van der Waals surface area contributed by atoms with E-state index in [9.17, 15) is 5.11 Å². The normalized spacial score (nSPS) is 32.6. The fourth-order valence-electron chi connectivity index (χ4n) is 9.21. The summed E-state index contributed by atoms with van der Waals surface area (Å²) in [5.74, 6) is 3.36. The summed E-state index contributed by atoms with van der Waals surface area (Å²) in [6.45, 7) is 3.11. The standard InChI is InChI=1S/C31H34N2O4/c1-35-21-9-7-18-4-3-12-33-26(18)24(21)20-15-31(34)23-14-19-8-10-22(36-2)28-25(19)30(31,29(37-28)27(20)33)11-13-32(23)16-17-5-6-17/h7-10,17,23,29,34H,3-6,11-16H2,1-2H3/t23-,29+,30+,31?/m1/s1. The smallest absolute Gasteiger partial charge is 0.166 e. The van der Waals surface area contributed by atoms with Crippen LogP contribution >= 0.6 is 0 Å². The van der Waals surface area contributed by atoms with Gasteiger partial charge in [-0.15, -0.1) is 0 Å². The summed E-state index contributed by atoms with van der Waals surface area (Å²) < 4.78 is 21.4. The lowest BCUT2D eigenvalue weighted by Gasteiger charge is -2.63. The fourth-order valence-corrected chi connectivity index (χ4v) is 9.21. The number of nitrogens with zero attached hydrogens (tertiary/aromatic N) is 2. The molecule has 192 valence electrons. The Morgan fingerprint density at radius 1 is 1.05 bits per heavy atom. The van der Waals surface area contributed by atoms with E-state index in [4.69, 9.17) is 14.2 Å². The summed E-state index contributed by atoms with van der Waals surface area (Å²) in [7, 11) is 3.50. The number of hydrogen-bond donors (Lipinski definition) is 1. The van der Waals surface area contributed by atoms with Crippen molar-refractivity contribution in [2.45, 2.75) is 74.7 Å². The SMILES string of the molecule is COc1ccc2c3c1O[C@H]1c4c(c5c(OC)ccc6c5n4CCC6)CC4(O)[C@@H](C2)N(CC2CC2)CC[C@]314. The molecule has 3 aliphatic carbocycles. The van der Waals surface area contributed by atoms with Gasteiger partial charge in [-0.05, 0) is 79.8 Å². The first-order chi connectivity index (χ1) is 18.1. The average molecular weight is 499 g/mol. The van der Waals surface area contributed by atoms with Crippen molar-refractivity contribution in [2.75, 3.05) is 27.3 Å². The van der Waals surface area contributed by atoms with Crippen molar-refractivity contribution in [3.05, 3.63) is 52.2 Å². The Labute approximate surface area is 217 Å². The van der Waals surface area contributed by atoms with Crippen LogP contribution in [0.3, 0.4) is 0 Å². The maximum Gasteiger partial charge on any atom is 0.166 e. The van der Waals surface area contributed by atoms with Crippen molar-refractivity contribution < 1.29 is 19.3 Å². The zero-order valence-electron chi connectivity index (χ0n) is 21.7. The first kappa shape index (κ1) is 21.3. The summed E-state index contributed by atoms with van der Waals surface area (Å²) in [4.78, 5) is 2.63. The van der Waals surface area contributed by atoms with Crippen molar-refractivity contribution in [3.63, 3.8) is 0 Å². The average Bonchev–Trinajstić information content (AvgIpc) is 3.58. The second-order valence-corrected chi connectivity index (χ2v) is 12.4.